The molecule has 2 aromatic rings. The van der Waals surface area contributed by atoms with E-state index in [1.807, 2.05) is 37.0 Å². The fraction of sp³-hybridized carbons (Fsp3) is 0.250. The normalized spacial score (nSPS) is 14.1. The van der Waals surface area contributed by atoms with Gasteiger partial charge in [-0.2, -0.15) is 0 Å². The van der Waals surface area contributed by atoms with Gasteiger partial charge in [0.25, 0.3) is 0 Å². The van der Waals surface area contributed by atoms with E-state index in [2.05, 4.69) is 48.6 Å². The summed E-state index contributed by atoms with van der Waals surface area (Å²) in [6.07, 6.45) is 0. The quantitative estimate of drug-likeness (QED) is 0.796. The van der Waals surface area contributed by atoms with Crippen LogP contribution in [-0.2, 0) is 0 Å². The van der Waals surface area contributed by atoms with E-state index < -0.39 is 0 Å². The molecule has 0 bridgehead atoms. The second-order valence-electron chi connectivity index (χ2n) is 4.45. The van der Waals surface area contributed by atoms with E-state index in [1.54, 1.807) is 0 Å². The Hall–Kier alpha value is -0.960. The molecule has 2 atom stereocenters. The Labute approximate surface area is 124 Å². The molecule has 0 aliphatic rings. The van der Waals surface area contributed by atoms with Crippen molar-refractivity contribution in [3.05, 3.63) is 65.2 Å². The lowest BCUT2D eigenvalue weighted by Crippen LogP contribution is -2.25. The van der Waals surface area contributed by atoms with Crippen LogP contribution in [0.5, 0.6) is 0 Å². The summed E-state index contributed by atoms with van der Waals surface area (Å²) < 4.78 is 0. The maximum Gasteiger partial charge on any atom is 0.0438 e. The number of hydrogen-bond acceptors (Lipinski definition) is 2. The molecule has 3 heteroatoms. The summed E-state index contributed by atoms with van der Waals surface area (Å²) in [4.78, 5) is 1.24. The highest BCUT2D eigenvalue weighted by Gasteiger charge is 2.18. The van der Waals surface area contributed by atoms with E-state index in [9.17, 15) is 0 Å². The highest BCUT2D eigenvalue weighted by atomic mass is 35.5. The summed E-state index contributed by atoms with van der Waals surface area (Å²) in [5, 5.41) is 4.62. The summed E-state index contributed by atoms with van der Waals surface area (Å²) in [5.41, 5.74) is 1.32. The van der Waals surface area contributed by atoms with Crippen LogP contribution in [0.4, 0.5) is 0 Å². The van der Waals surface area contributed by atoms with Crippen molar-refractivity contribution in [2.24, 2.45) is 0 Å². The van der Waals surface area contributed by atoms with Gasteiger partial charge in [0.15, 0.2) is 0 Å². The van der Waals surface area contributed by atoms with Crippen LogP contribution in [-0.4, -0.2) is 12.3 Å². The van der Waals surface area contributed by atoms with Gasteiger partial charge in [-0.05, 0) is 36.9 Å². The zero-order valence-electron chi connectivity index (χ0n) is 11.1. The molecule has 1 nitrogen and oxygen atoms in total. The van der Waals surface area contributed by atoms with Crippen molar-refractivity contribution in [3.63, 3.8) is 0 Å². The number of benzene rings is 2. The van der Waals surface area contributed by atoms with Crippen LogP contribution in [0.2, 0.25) is 5.02 Å². The van der Waals surface area contributed by atoms with Crippen LogP contribution in [0.3, 0.4) is 0 Å². The lowest BCUT2D eigenvalue weighted by Gasteiger charge is -2.23. The minimum Gasteiger partial charge on any atom is -0.312 e. The average Bonchev–Trinajstić information content (AvgIpc) is 2.43. The predicted octanol–water partition coefficient (Wildman–Crippen LogP) is 4.78. The Morgan fingerprint density at radius 2 is 1.63 bits per heavy atom. The van der Waals surface area contributed by atoms with E-state index in [1.165, 1.54) is 10.5 Å². The van der Waals surface area contributed by atoms with Crippen LogP contribution < -0.4 is 5.32 Å². The fourth-order valence-corrected chi connectivity index (χ4v) is 3.41. The smallest absolute Gasteiger partial charge is 0.0438 e. The lowest BCUT2D eigenvalue weighted by molar-refractivity contribution is 0.589. The molecular weight excluding hydrogens is 274 g/mol. The van der Waals surface area contributed by atoms with Crippen molar-refractivity contribution in [1.82, 2.24) is 5.32 Å². The number of rotatable bonds is 5. The van der Waals surface area contributed by atoms with Gasteiger partial charge in [-0.3, -0.25) is 0 Å². The maximum absolute atomic E-state index is 5.91. The topological polar surface area (TPSA) is 12.0 Å². The molecule has 0 aromatic heterocycles. The molecule has 0 heterocycles. The number of halogens is 1. The molecule has 0 spiro atoms. The zero-order valence-corrected chi connectivity index (χ0v) is 12.7. The van der Waals surface area contributed by atoms with Gasteiger partial charge < -0.3 is 5.32 Å². The fourth-order valence-electron chi connectivity index (χ4n) is 2.13. The minimum absolute atomic E-state index is 0.335. The molecule has 0 amide bonds. The predicted molar refractivity (Wildman–Crippen MR) is 85.0 cm³/mol. The summed E-state index contributed by atoms with van der Waals surface area (Å²) in [5.74, 6) is 0. The maximum atomic E-state index is 5.91. The van der Waals surface area contributed by atoms with E-state index >= 15 is 0 Å². The lowest BCUT2D eigenvalue weighted by atomic mass is 10.0. The molecule has 0 aliphatic heterocycles. The standard InChI is InChI=1S/C16H18ClNS/c1-12(19-15-10-8-14(17)9-11-15)16(18-2)13-6-4-3-5-7-13/h3-12,16,18H,1-2H3. The molecule has 0 saturated carbocycles. The van der Waals surface area contributed by atoms with Gasteiger partial charge in [0.2, 0.25) is 0 Å². The zero-order chi connectivity index (χ0) is 13.7. The molecule has 19 heavy (non-hydrogen) atoms. The number of hydrogen-bond donors (Lipinski definition) is 1. The van der Waals surface area contributed by atoms with Crippen LogP contribution in [0, 0.1) is 0 Å². The number of thioether (sulfide) groups is 1. The molecular formula is C16H18ClNS. The van der Waals surface area contributed by atoms with Crippen molar-refractivity contribution in [1.29, 1.82) is 0 Å². The molecule has 2 rings (SSSR count). The summed E-state index contributed by atoms with van der Waals surface area (Å²) >= 11 is 7.77. The number of nitrogens with one attached hydrogen (secondary N) is 1. The van der Waals surface area contributed by atoms with E-state index in [0.717, 1.165) is 5.02 Å². The monoisotopic (exact) mass is 291 g/mol. The van der Waals surface area contributed by atoms with Gasteiger partial charge in [-0.25, -0.2) is 0 Å². The Bertz CT molecular complexity index is 498. The third-order valence-corrected chi connectivity index (χ3v) is 4.51. The Kier molecular flexibility index (Phi) is 5.32. The van der Waals surface area contributed by atoms with Crippen LogP contribution >= 0.6 is 23.4 Å². The molecule has 2 aromatic carbocycles. The Morgan fingerprint density at radius 3 is 2.21 bits per heavy atom. The third-order valence-electron chi connectivity index (χ3n) is 3.07. The first-order valence-corrected chi connectivity index (χ1v) is 7.61. The van der Waals surface area contributed by atoms with Gasteiger partial charge >= 0.3 is 0 Å². The molecule has 0 fully saturated rings. The van der Waals surface area contributed by atoms with Gasteiger partial charge in [0, 0.05) is 21.2 Å². The Balaban J connectivity index is 2.09. The SMILES string of the molecule is CNC(c1ccccc1)C(C)Sc1ccc(Cl)cc1. The second kappa shape index (κ2) is 6.99. The van der Waals surface area contributed by atoms with Crippen LogP contribution in [0.1, 0.15) is 18.5 Å². The van der Waals surface area contributed by atoms with Crippen molar-refractivity contribution in [2.45, 2.75) is 23.1 Å². The van der Waals surface area contributed by atoms with Crippen LogP contribution in [0.15, 0.2) is 59.5 Å². The second-order valence-corrected chi connectivity index (χ2v) is 6.34. The molecule has 100 valence electrons. The molecule has 0 aliphatic carbocycles. The summed E-state index contributed by atoms with van der Waals surface area (Å²) in [6.45, 7) is 2.24. The molecule has 2 unspecified atom stereocenters. The van der Waals surface area contributed by atoms with Crippen molar-refractivity contribution < 1.29 is 0 Å². The summed E-state index contributed by atoms with van der Waals surface area (Å²) in [6, 6.07) is 18.9. The van der Waals surface area contributed by atoms with Gasteiger partial charge in [0.1, 0.15) is 0 Å². The summed E-state index contributed by atoms with van der Waals surface area (Å²) in [7, 11) is 2.01. The minimum atomic E-state index is 0.335. The average molecular weight is 292 g/mol. The van der Waals surface area contributed by atoms with Crippen molar-refractivity contribution in [3.8, 4) is 0 Å². The highest BCUT2D eigenvalue weighted by molar-refractivity contribution is 8.00. The van der Waals surface area contributed by atoms with E-state index in [-0.39, 0.29) is 0 Å². The Morgan fingerprint density at radius 1 is 1.00 bits per heavy atom. The first-order valence-electron chi connectivity index (χ1n) is 6.35. The van der Waals surface area contributed by atoms with Crippen molar-refractivity contribution in [2.75, 3.05) is 7.05 Å². The molecule has 1 N–H and O–H groups in total. The van der Waals surface area contributed by atoms with Crippen LogP contribution in [0.25, 0.3) is 0 Å². The first-order chi connectivity index (χ1) is 9.20. The van der Waals surface area contributed by atoms with E-state index in [0.29, 0.717) is 11.3 Å². The van der Waals surface area contributed by atoms with Gasteiger partial charge in [-0.15, -0.1) is 11.8 Å². The largest absolute Gasteiger partial charge is 0.312 e. The molecule has 0 radical (unpaired) electrons. The van der Waals surface area contributed by atoms with Gasteiger partial charge in [-0.1, -0.05) is 48.9 Å². The van der Waals surface area contributed by atoms with Crippen molar-refractivity contribution >= 4 is 23.4 Å². The van der Waals surface area contributed by atoms with E-state index in [4.69, 9.17) is 11.6 Å². The highest BCUT2D eigenvalue weighted by Crippen LogP contribution is 2.32. The third kappa shape index (κ3) is 4.00. The van der Waals surface area contributed by atoms with Gasteiger partial charge in [0.05, 0.1) is 0 Å². The first kappa shape index (κ1) is 14.4. The molecule has 0 saturated heterocycles.